The van der Waals surface area contributed by atoms with Crippen LogP contribution in [-0.4, -0.2) is 19.9 Å². The first-order valence-electron chi connectivity index (χ1n) is 21.7. The zero-order valence-electron chi connectivity index (χ0n) is 35.3. The lowest BCUT2D eigenvalue weighted by molar-refractivity contribution is 0.438. The van der Waals surface area contributed by atoms with Crippen molar-refractivity contribution in [2.24, 2.45) is 0 Å². The first-order valence-corrected chi connectivity index (χ1v) is 21.7. The summed E-state index contributed by atoms with van der Waals surface area (Å²) in [6.07, 6.45) is 2.00. The molecule has 1 aliphatic carbocycles. The summed E-state index contributed by atoms with van der Waals surface area (Å²) >= 11 is 0. The van der Waals surface area contributed by atoms with Gasteiger partial charge in [0.05, 0.1) is 5.41 Å². The minimum absolute atomic E-state index is 0.640. The van der Waals surface area contributed by atoms with E-state index in [2.05, 4.69) is 201 Å². The predicted octanol–water partition coefficient (Wildman–Crippen LogP) is 14.4. The third-order valence-corrected chi connectivity index (χ3v) is 12.8. The van der Waals surface area contributed by atoms with E-state index in [1.807, 2.05) is 19.2 Å². The first-order chi connectivity index (χ1) is 31.5. The molecule has 5 nitrogen and oxygen atoms in total. The molecule has 12 rings (SSSR count). The van der Waals surface area contributed by atoms with Crippen LogP contribution in [0.1, 0.15) is 33.8 Å². The summed E-state index contributed by atoms with van der Waals surface area (Å²) in [5.74, 6) is 3.65. The molecule has 64 heavy (non-hydrogen) atoms. The Kier molecular flexibility index (Phi) is 8.76. The Hall–Kier alpha value is -8.28. The number of hydrogen-bond donors (Lipinski definition) is 0. The number of ether oxygens (including phenoxy) is 1. The summed E-state index contributed by atoms with van der Waals surface area (Å²) in [5.41, 5.74) is 17.9. The molecule has 1 atom stereocenters. The molecular weight excluding hydrogens is 781 g/mol. The number of aromatic nitrogens is 4. The molecule has 2 aromatic heterocycles. The van der Waals surface area contributed by atoms with E-state index in [9.17, 15) is 0 Å². The molecule has 0 bridgehead atoms. The van der Waals surface area contributed by atoms with Crippen LogP contribution < -0.4 is 4.74 Å². The quantitative estimate of drug-likeness (QED) is 0.167. The number of rotatable bonds is 6. The van der Waals surface area contributed by atoms with Gasteiger partial charge in [0.1, 0.15) is 17.3 Å². The van der Waals surface area contributed by atoms with Gasteiger partial charge in [0.2, 0.25) is 0 Å². The second-order valence-electron chi connectivity index (χ2n) is 16.6. The minimum Gasteiger partial charge on any atom is -0.456 e. The molecule has 0 radical (unpaired) electrons. The largest absolute Gasteiger partial charge is 0.456 e. The molecule has 8 aromatic carbocycles. The molecule has 1 aliphatic heterocycles. The van der Waals surface area contributed by atoms with Crippen molar-refractivity contribution in [1.82, 2.24) is 19.9 Å². The second kappa shape index (κ2) is 15.0. The lowest BCUT2D eigenvalue weighted by atomic mass is 9.65. The lowest BCUT2D eigenvalue weighted by Gasteiger charge is -2.40. The van der Waals surface area contributed by atoms with Gasteiger partial charge in [0, 0.05) is 45.3 Å². The zero-order chi connectivity index (χ0) is 42.8. The Balaban J connectivity index is 1.04. The molecule has 0 saturated carbocycles. The van der Waals surface area contributed by atoms with Gasteiger partial charge in [-0.05, 0) is 93.7 Å². The van der Waals surface area contributed by atoms with E-state index in [0.717, 1.165) is 89.5 Å². The van der Waals surface area contributed by atoms with Gasteiger partial charge in [-0.2, -0.15) is 0 Å². The van der Waals surface area contributed by atoms with Crippen molar-refractivity contribution in [2.75, 3.05) is 0 Å². The topological polar surface area (TPSA) is 60.8 Å². The van der Waals surface area contributed by atoms with Crippen molar-refractivity contribution in [1.29, 1.82) is 0 Å². The van der Waals surface area contributed by atoms with Gasteiger partial charge in [-0.15, -0.1) is 0 Å². The van der Waals surface area contributed by atoms with Crippen molar-refractivity contribution in [3.8, 4) is 89.9 Å². The van der Waals surface area contributed by atoms with Crippen molar-refractivity contribution >= 4 is 0 Å². The van der Waals surface area contributed by atoms with E-state index in [0.29, 0.717) is 17.5 Å². The Bertz CT molecular complexity index is 3450. The SMILES string of the molecule is Cc1cc(-c2ccccc2-c2cccc3c2Oc2ccccc2C32c3ccccc3-c3cc(-c4nc(C)nc(-c5cccc(-c6ccccc6)c5)n4)ccc32)c(-c2ccccc2)cn1. The highest BCUT2D eigenvalue weighted by Gasteiger charge is 2.51. The van der Waals surface area contributed by atoms with Crippen molar-refractivity contribution in [3.63, 3.8) is 0 Å². The van der Waals surface area contributed by atoms with Crippen LogP contribution in [-0.2, 0) is 5.41 Å². The van der Waals surface area contributed by atoms with Gasteiger partial charge in [0.15, 0.2) is 11.6 Å². The van der Waals surface area contributed by atoms with Gasteiger partial charge in [-0.3, -0.25) is 4.98 Å². The number of benzene rings is 8. The monoisotopic (exact) mass is 820 g/mol. The number of aryl methyl sites for hydroxylation is 2. The number of nitrogens with zero attached hydrogens (tertiary/aromatic N) is 4. The third kappa shape index (κ3) is 5.93. The highest BCUT2D eigenvalue weighted by atomic mass is 16.5. The van der Waals surface area contributed by atoms with E-state index >= 15 is 0 Å². The highest BCUT2D eigenvalue weighted by Crippen LogP contribution is 2.63. The molecule has 0 fully saturated rings. The molecule has 2 aliphatic rings. The Morgan fingerprint density at radius 1 is 0.359 bits per heavy atom. The lowest BCUT2D eigenvalue weighted by Crippen LogP contribution is -2.32. The van der Waals surface area contributed by atoms with Crippen LogP contribution in [0.5, 0.6) is 11.5 Å². The summed E-state index contributed by atoms with van der Waals surface area (Å²) < 4.78 is 7.17. The summed E-state index contributed by atoms with van der Waals surface area (Å²) in [6.45, 7) is 4.00. The van der Waals surface area contributed by atoms with E-state index in [1.54, 1.807) is 0 Å². The molecule has 1 unspecified atom stereocenters. The molecule has 0 amide bonds. The number of fused-ring (bicyclic) bond motifs is 9. The molecule has 3 heterocycles. The van der Waals surface area contributed by atoms with Crippen LogP contribution >= 0.6 is 0 Å². The second-order valence-corrected chi connectivity index (χ2v) is 16.6. The molecule has 0 N–H and O–H groups in total. The summed E-state index contributed by atoms with van der Waals surface area (Å²) in [5, 5.41) is 0. The molecule has 5 heteroatoms. The fraction of sp³-hybridized carbons (Fsp3) is 0.0508. The minimum atomic E-state index is -0.667. The van der Waals surface area contributed by atoms with Crippen LogP contribution in [0.4, 0.5) is 0 Å². The van der Waals surface area contributed by atoms with Gasteiger partial charge in [-0.25, -0.2) is 15.0 Å². The highest BCUT2D eigenvalue weighted by molar-refractivity contribution is 5.96. The maximum Gasteiger partial charge on any atom is 0.163 e. The smallest absolute Gasteiger partial charge is 0.163 e. The average molecular weight is 821 g/mol. The third-order valence-electron chi connectivity index (χ3n) is 12.8. The van der Waals surface area contributed by atoms with Crippen LogP contribution in [0.15, 0.2) is 206 Å². The van der Waals surface area contributed by atoms with Crippen molar-refractivity contribution in [3.05, 3.63) is 240 Å². The Labute approximate surface area is 372 Å². The molecule has 10 aromatic rings. The molecule has 1 spiro atoms. The fourth-order valence-corrected chi connectivity index (χ4v) is 10.1. The normalized spacial score (nSPS) is 14.3. The molecule has 0 saturated heterocycles. The predicted molar refractivity (Wildman–Crippen MR) is 257 cm³/mol. The summed E-state index contributed by atoms with van der Waals surface area (Å²) in [4.78, 5) is 19.7. The fourth-order valence-electron chi connectivity index (χ4n) is 10.1. The van der Waals surface area contributed by atoms with Gasteiger partial charge >= 0.3 is 0 Å². The van der Waals surface area contributed by atoms with Gasteiger partial charge < -0.3 is 4.74 Å². The van der Waals surface area contributed by atoms with Crippen molar-refractivity contribution in [2.45, 2.75) is 19.3 Å². The standard InChI is InChI=1S/C59H40N4O/c1-37-33-48(50(36-60-37)40-19-7-4-8-20-40)45-24-10-9-23-44(45)47-26-16-29-54-56(47)64-55-30-14-13-28-53(55)59(54)51-27-12-11-25-46(51)49-35-43(31-32-52(49)59)58-62-38(2)61-57(63-58)42-22-15-21-41(34-42)39-17-5-3-6-18-39/h3-36H,1-2H3. The van der Waals surface area contributed by atoms with E-state index < -0.39 is 5.41 Å². The van der Waals surface area contributed by atoms with Crippen molar-refractivity contribution < 1.29 is 4.74 Å². The molecule has 302 valence electrons. The average Bonchev–Trinajstić information content (AvgIpc) is 3.64. The zero-order valence-corrected chi connectivity index (χ0v) is 35.3. The number of hydrogen-bond acceptors (Lipinski definition) is 5. The van der Waals surface area contributed by atoms with E-state index in [1.165, 1.54) is 16.7 Å². The van der Waals surface area contributed by atoms with Crippen LogP contribution in [0.3, 0.4) is 0 Å². The van der Waals surface area contributed by atoms with Gasteiger partial charge in [-0.1, -0.05) is 176 Å². The summed E-state index contributed by atoms with van der Waals surface area (Å²) in [7, 11) is 0. The van der Waals surface area contributed by atoms with Crippen LogP contribution in [0.25, 0.3) is 78.4 Å². The van der Waals surface area contributed by atoms with Crippen LogP contribution in [0, 0.1) is 13.8 Å². The summed E-state index contributed by atoms with van der Waals surface area (Å²) in [6, 6.07) is 71.0. The Morgan fingerprint density at radius 3 is 1.70 bits per heavy atom. The Morgan fingerprint density at radius 2 is 0.922 bits per heavy atom. The molecular formula is C59H40N4O. The van der Waals surface area contributed by atoms with E-state index in [4.69, 9.17) is 24.7 Å². The van der Waals surface area contributed by atoms with Gasteiger partial charge in [0.25, 0.3) is 0 Å². The van der Waals surface area contributed by atoms with E-state index in [-0.39, 0.29) is 0 Å². The maximum absolute atomic E-state index is 7.17. The van der Waals surface area contributed by atoms with Crippen LogP contribution in [0.2, 0.25) is 0 Å². The number of pyridine rings is 1. The number of para-hydroxylation sites is 2. The first kappa shape index (κ1) is 37.5. The maximum atomic E-state index is 7.17.